The molecule has 1 aliphatic rings. The quantitative estimate of drug-likeness (QED) is 0.883. The summed E-state index contributed by atoms with van der Waals surface area (Å²) in [6.45, 7) is 7.50. The van der Waals surface area contributed by atoms with Gasteiger partial charge in [0.25, 0.3) is 0 Å². The summed E-state index contributed by atoms with van der Waals surface area (Å²) in [6.07, 6.45) is 3.15. The zero-order chi connectivity index (χ0) is 13.1. The molecule has 100 valence electrons. The number of nitrogens with two attached hydrogens (primary N) is 1. The van der Waals surface area contributed by atoms with Gasteiger partial charge in [-0.25, -0.2) is 0 Å². The predicted octanol–water partition coefficient (Wildman–Crippen LogP) is 1.63. The van der Waals surface area contributed by atoms with Crippen LogP contribution in [-0.2, 0) is 0 Å². The summed E-state index contributed by atoms with van der Waals surface area (Å²) in [5.74, 6) is 0. The molecule has 2 N–H and O–H groups in total. The zero-order valence-electron chi connectivity index (χ0n) is 11.6. The van der Waals surface area contributed by atoms with Gasteiger partial charge in [0.2, 0.25) is 0 Å². The SMILES string of the molecule is CCC1CN(c2ccc(C(C)N)nc2)CCN1C. The third-order valence-electron chi connectivity index (χ3n) is 3.85. The first kappa shape index (κ1) is 13.3. The van der Waals surface area contributed by atoms with Gasteiger partial charge in [-0.1, -0.05) is 6.92 Å². The van der Waals surface area contributed by atoms with E-state index < -0.39 is 0 Å². The van der Waals surface area contributed by atoms with E-state index in [0.29, 0.717) is 6.04 Å². The lowest BCUT2D eigenvalue weighted by Crippen LogP contribution is -2.51. The van der Waals surface area contributed by atoms with Crippen LogP contribution in [0.25, 0.3) is 0 Å². The Bertz CT molecular complexity index is 374. The van der Waals surface area contributed by atoms with Gasteiger partial charge in [0.05, 0.1) is 17.6 Å². The van der Waals surface area contributed by atoms with Gasteiger partial charge in [-0.15, -0.1) is 0 Å². The van der Waals surface area contributed by atoms with E-state index in [9.17, 15) is 0 Å². The normalized spacial score (nSPS) is 23.1. The first-order valence-corrected chi connectivity index (χ1v) is 6.78. The van der Waals surface area contributed by atoms with Crippen molar-refractivity contribution in [3.63, 3.8) is 0 Å². The van der Waals surface area contributed by atoms with Gasteiger partial charge in [-0.2, -0.15) is 0 Å². The number of hydrogen-bond acceptors (Lipinski definition) is 4. The maximum Gasteiger partial charge on any atom is 0.0569 e. The van der Waals surface area contributed by atoms with E-state index >= 15 is 0 Å². The molecule has 1 aromatic rings. The third-order valence-corrected chi connectivity index (χ3v) is 3.85. The molecule has 1 aromatic heterocycles. The fourth-order valence-electron chi connectivity index (χ4n) is 2.48. The van der Waals surface area contributed by atoms with Crippen LogP contribution in [-0.4, -0.2) is 42.6 Å². The molecule has 4 nitrogen and oxygen atoms in total. The molecule has 1 fully saturated rings. The standard InChI is InChI=1S/C14H24N4/c1-4-12-10-18(8-7-17(12)3)13-5-6-14(11(2)15)16-9-13/h5-6,9,11-12H,4,7-8,10,15H2,1-3H3. The second kappa shape index (κ2) is 5.67. The second-order valence-electron chi connectivity index (χ2n) is 5.22. The minimum atomic E-state index is 0.00919. The highest BCUT2D eigenvalue weighted by Gasteiger charge is 2.23. The topological polar surface area (TPSA) is 45.4 Å². The van der Waals surface area contributed by atoms with Gasteiger partial charge in [0.1, 0.15) is 0 Å². The van der Waals surface area contributed by atoms with E-state index in [1.165, 1.54) is 12.1 Å². The number of pyridine rings is 1. The van der Waals surface area contributed by atoms with Crippen LogP contribution in [0.3, 0.4) is 0 Å². The van der Waals surface area contributed by atoms with Gasteiger partial charge in [0, 0.05) is 31.7 Å². The van der Waals surface area contributed by atoms with E-state index in [4.69, 9.17) is 5.73 Å². The molecule has 18 heavy (non-hydrogen) atoms. The summed E-state index contributed by atoms with van der Waals surface area (Å²) < 4.78 is 0. The van der Waals surface area contributed by atoms with E-state index in [1.54, 1.807) is 0 Å². The zero-order valence-corrected chi connectivity index (χ0v) is 11.6. The lowest BCUT2D eigenvalue weighted by atomic mass is 10.1. The number of piperazine rings is 1. The molecule has 1 saturated heterocycles. The van der Waals surface area contributed by atoms with Gasteiger partial charge < -0.3 is 10.6 Å². The average molecular weight is 248 g/mol. The minimum absolute atomic E-state index is 0.00919. The first-order valence-electron chi connectivity index (χ1n) is 6.78. The molecule has 1 aliphatic heterocycles. The maximum atomic E-state index is 5.82. The molecular weight excluding hydrogens is 224 g/mol. The van der Waals surface area contributed by atoms with Crippen LogP contribution in [0.15, 0.2) is 18.3 Å². The van der Waals surface area contributed by atoms with Crippen molar-refractivity contribution in [1.82, 2.24) is 9.88 Å². The molecule has 2 atom stereocenters. The summed E-state index contributed by atoms with van der Waals surface area (Å²) in [6, 6.07) is 4.84. The second-order valence-corrected chi connectivity index (χ2v) is 5.22. The molecule has 0 saturated carbocycles. The van der Waals surface area contributed by atoms with Crippen molar-refractivity contribution >= 4 is 5.69 Å². The van der Waals surface area contributed by atoms with Crippen LogP contribution in [0, 0.1) is 0 Å². The van der Waals surface area contributed by atoms with Gasteiger partial charge in [0.15, 0.2) is 0 Å². The summed E-state index contributed by atoms with van der Waals surface area (Å²) >= 11 is 0. The number of nitrogens with zero attached hydrogens (tertiary/aromatic N) is 3. The summed E-state index contributed by atoms with van der Waals surface area (Å²) in [5, 5.41) is 0. The fourth-order valence-corrected chi connectivity index (χ4v) is 2.48. The van der Waals surface area contributed by atoms with Gasteiger partial charge in [-0.3, -0.25) is 9.88 Å². The fraction of sp³-hybridized carbons (Fsp3) is 0.643. The van der Waals surface area contributed by atoms with Crippen LogP contribution in [0.4, 0.5) is 5.69 Å². The van der Waals surface area contributed by atoms with E-state index in [2.05, 4.69) is 34.8 Å². The maximum absolute atomic E-state index is 5.82. The Morgan fingerprint density at radius 2 is 2.22 bits per heavy atom. The summed E-state index contributed by atoms with van der Waals surface area (Å²) in [5.41, 5.74) is 7.99. The Kier molecular flexibility index (Phi) is 4.19. The van der Waals surface area contributed by atoms with Crippen molar-refractivity contribution in [2.24, 2.45) is 5.73 Å². The molecule has 0 bridgehead atoms. The Balaban J connectivity index is 2.07. The van der Waals surface area contributed by atoms with Gasteiger partial charge in [-0.05, 0) is 32.5 Å². The molecule has 0 aliphatic carbocycles. The Morgan fingerprint density at radius 3 is 2.78 bits per heavy atom. The molecule has 2 rings (SSSR count). The lowest BCUT2D eigenvalue weighted by Gasteiger charge is -2.40. The lowest BCUT2D eigenvalue weighted by molar-refractivity contribution is 0.213. The van der Waals surface area contributed by atoms with Crippen molar-refractivity contribution in [2.75, 3.05) is 31.6 Å². The summed E-state index contributed by atoms with van der Waals surface area (Å²) in [4.78, 5) is 9.31. The van der Waals surface area contributed by atoms with E-state index in [1.807, 2.05) is 19.2 Å². The number of rotatable bonds is 3. The van der Waals surface area contributed by atoms with Crippen LogP contribution >= 0.6 is 0 Å². The summed E-state index contributed by atoms with van der Waals surface area (Å²) in [7, 11) is 2.21. The molecule has 0 spiro atoms. The van der Waals surface area contributed by atoms with Crippen LogP contribution < -0.4 is 10.6 Å². The van der Waals surface area contributed by atoms with Crippen LogP contribution in [0.1, 0.15) is 32.0 Å². The highest BCUT2D eigenvalue weighted by molar-refractivity contribution is 5.45. The third kappa shape index (κ3) is 2.82. The van der Waals surface area contributed by atoms with E-state index in [0.717, 1.165) is 25.3 Å². The smallest absolute Gasteiger partial charge is 0.0569 e. The van der Waals surface area contributed by atoms with Crippen molar-refractivity contribution in [3.05, 3.63) is 24.0 Å². The Morgan fingerprint density at radius 1 is 1.44 bits per heavy atom. The number of hydrogen-bond donors (Lipinski definition) is 1. The average Bonchev–Trinajstić information content (AvgIpc) is 2.39. The van der Waals surface area contributed by atoms with Crippen LogP contribution in [0.5, 0.6) is 0 Å². The van der Waals surface area contributed by atoms with Gasteiger partial charge >= 0.3 is 0 Å². The molecule has 4 heteroatoms. The highest BCUT2D eigenvalue weighted by atomic mass is 15.3. The largest absolute Gasteiger partial charge is 0.367 e. The van der Waals surface area contributed by atoms with E-state index in [-0.39, 0.29) is 6.04 Å². The molecule has 0 amide bonds. The number of anilines is 1. The molecule has 0 radical (unpaired) electrons. The van der Waals surface area contributed by atoms with Crippen molar-refractivity contribution < 1.29 is 0 Å². The number of likely N-dealkylation sites (N-methyl/N-ethyl adjacent to an activating group) is 1. The first-order chi connectivity index (χ1) is 8.61. The highest BCUT2D eigenvalue weighted by Crippen LogP contribution is 2.20. The molecular formula is C14H24N4. The van der Waals surface area contributed by atoms with Crippen molar-refractivity contribution in [1.29, 1.82) is 0 Å². The molecule has 2 heterocycles. The Labute approximate surface area is 110 Å². The molecule has 0 aromatic carbocycles. The molecule has 2 unspecified atom stereocenters. The monoisotopic (exact) mass is 248 g/mol. The minimum Gasteiger partial charge on any atom is -0.367 e. The van der Waals surface area contributed by atoms with Crippen LogP contribution in [0.2, 0.25) is 0 Å². The Hall–Kier alpha value is -1.13. The predicted molar refractivity (Wildman–Crippen MR) is 75.8 cm³/mol. The van der Waals surface area contributed by atoms with Crippen molar-refractivity contribution in [2.45, 2.75) is 32.4 Å². The van der Waals surface area contributed by atoms with Crippen molar-refractivity contribution in [3.8, 4) is 0 Å². The number of aromatic nitrogens is 1.